The number of nitrogens with zero attached hydrogens (tertiary/aromatic N) is 2. The van der Waals surface area contributed by atoms with Gasteiger partial charge in [-0.3, -0.25) is 4.79 Å². The number of para-hydroxylation sites is 1. The lowest BCUT2D eigenvalue weighted by Crippen LogP contribution is -2.34. The maximum atomic E-state index is 12.6. The third-order valence-electron chi connectivity index (χ3n) is 4.39. The van der Waals surface area contributed by atoms with Gasteiger partial charge in [-0.05, 0) is 18.2 Å². The van der Waals surface area contributed by atoms with Crippen LogP contribution in [0.4, 0.5) is 0 Å². The van der Waals surface area contributed by atoms with Crippen molar-refractivity contribution < 1.29 is 24.5 Å². The van der Waals surface area contributed by atoms with Crippen LogP contribution in [0.15, 0.2) is 40.6 Å². The summed E-state index contributed by atoms with van der Waals surface area (Å²) in [5, 5.41) is 31.5. The molecule has 8 nitrogen and oxygen atoms in total. The predicted molar refractivity (Wildman–Crippen MR) is 102 cm³/mol. The SMILES string of the molecule is C#CCC1(CNC(=O)c2ccc(-c3cccc(OC)c3O)c(O)c2OC)N=N1. The number of phenols is 2. The van der Waals surface area contributed by atoms with Crippen molar-refractivity contribution in [2.24, 2.45) is 10.2 Å². The molecule has 0 aromatic heterocycles. The molecule has 144 valence electrons. The largest absolute Gasteiger partial charge is 0.504 e. The fourth-order valence-electron chi connectivity index (χ4n) is 2.83. The van der Waals surface area contributed by atoms with Gasteiger partial charge in [0.15, 0.2) is 23.0 Å². The van der Waals surface area contributed by atoms with E-state index in [1.54, 1.807) is 18.2 Å². The summed E-state index contributed by atoms with van der Waals surface area (Å²) >= 11 is 0. The average molecular weight is 381 g/mol. The predicted octanol–water partition coefficient (Wildman–Crippen LogP) is 2.70. The van der Waals surface area contributed by atoms with Crippen molar-refractivity contribution in [3.63, 3.8) is 0 Å². The summed E-state index contributed by atoms with van der Waals surface area (Å²) in [5.74, 6) is 1.82. The van der Waals surface area contributed by atoms with Crippen LogP contribution < -0.4 is 14.8 Å². The molecule has 3 N–H and O–H groups in total. The highest BCUT2D eigenvalue weighted by Gasteiger charge is 2.39. The Labute approximate surface area is 161 Å². The summed E-state index contributed by atoms with van der Waals surface area (Å²) in [7, 11) is 2.77. The lowest BCUT2D eigenvalue weighted by atomic mass is 9.99. The summed E-state index contributed by atoms with van der Waals surface area (Å²) < 4.78 is 10.3. The standard InChI is InChI=1S/C20H19N3O5/c1-4-10-20(22-23-20)11-21-19(26)14-9-8-13(17(25)18(14)28-3)12-6-5-7-15(27-2)16(12)24/h1,5-9,24-25H,10-11H2,2-3H3,(H,21,26). The van der Waals surface area contributed by atoms with Gasteiger partial charge in [0.05, 0.1) is 32.7 Å². The van der Waals surface area contributed by atoms with Crippen LogP contribution in [0.3, 0.4) is 0 Å². The summed E-state index contributed by atoms with van der Waals surface area (Å²) in [4.78, 5) is 12.6. The van der Waals surface area contributed by atoms with Crippen LogP contribution in [0.1, 0.15) is 16.8 Å². The van der Waals surface area contributed by atoms with Gasteiger partial charge in [0.2, 0.25) is 5.66 Å². The number of ether oxygens (including phenoxy) is 2. The van der Waals surface area contributed by atoms with Crippen molar-refractivity contribution in [2.45, 2.75) is 12.1 Å². The van der Waals surface area contributed by atoms with Gasteiger partial charge < -0.3 is 25.0 Å². The van der Waals surface area contributed by atoms with E-state index in [2.05, 4.69) is 21.5 Å². The molecule has 0 bridgehead atoms. The number of nitrogens with one attached hydrogen (secondary N) is 1. The molecule has 0 saturated heterocycles. The molecule has 1 heterocycles. The van der Waals surface area contributed by atoms with E-state index in [0.29, 0.717) is 17.5 Å². The van der Waals surface area contributed by atoms with Crippen molar-refractivity contribution in [2.75, 3.05) is 20.8 Å². The first-order valence-electron chi connectivity index (χ1n) is 8.38. The highest BCUT2D eigenvalue weighted by Crippen LogP contribution is 2.45. The second-order valence-electron chi connectivity index (χ2n) is 6.15. The number of hydrogen-bond acceptors (Lipinski definition) is 7. The molecule has 0 saturated carbocycles. The highest BCUT2D eigenvalue weighted by molar-refractivity contribution is 5.99. The molecule has 2 aromatic carbocycles. The van der Waals surface area contributed by atoms with E-state index >= 15 is 0 Å². The van der Waals surface area contributed by atoms with Crippen LogP contribution in [0.5, 0.6) is 23.0 Å². The van der Waals surface area contributed by atoms with Gasteiger partial charge in [0.25, 0.3) is 5.91 Å². The third-order valence-corrected chi connectivity index (χ3v) is 4.39. The minimum Gasteiger partial charge on any atom is -0.504 e. The molecule has 1 aliphatic heterocycles. The second kappa shape index (κ2) is 7.48. The van der Waals surface area contributed by atoms with Crippen LogP contribution in [0.25, 0.3) is 11.1 Å². The van der Waals surface area contributed by atoms with Crippen molar-refractivity contribution in [3.8, 4) is 46.5 Å². The average Bonchev–Trinajstić information content (AvgIpc) is 3.46. The van der Waals surface area contributed by atoms with Gasteiger partial charge in [0.1, 0.15) is 0 Å². The van der Waals surface area contributed by atoms with E-state index in [4.69, 9.17) is 15.9 Å². The smallest absolute Gasteiger partial charge is 0.255 e. The van der Waals surface area contributed by atoms with E-state index in [1.807, 2.05) is 0 Å². The van der Waals surface area contributed by atoms with Crippen LogP contribution in [-0.4, -0.2) is 42.5 Å². The number of aromatic hydroxyl groups is 2. The molecule has 0 radical (unpaired) electrons. The minimum absolute atomic E-state index is 0.0205. The Bertz CT molecular complexity index is 988. The maximum absolute atomic E-state index is 12.6. The minimum atomic E-state index is -0.758. The number of methoxy groups -OCH3 is 2. The van der Waals surface area contributed by atoms with Crippen molar-refractivity contribution in [1.82, 2.24) is 5.32 Å². The zero-order valence-electron chi connectivity index (χ0n) is 15.4. The zero-order valence-corrected chi connectivity index (χ0v) is 15.4. The molecule has 1 amide bonds. The van der Waals surface area contributed by atoms with Gasteiger partial charge >= 0.3 is 0 Å². The Hall–Kier alpha value is -3.73. The molecule has 1 aliphatic rings. The quantitative estimate of drug-likeness (QED) is 0.638. The second-order valence-corrected chi connectivity index (χ2v) is 6.15. The van der Waals surface area contributed by atoms with Crippen molar-refractivity contribution >= 4 is 5.91 Å². The number of rotatable bonds is 7. The number of amides is 1. The lowest BCUT2D eigenvalue weighted by molar-refractivity contribution is 0.0945. The summed E-state index contributed by atoms with van der Waals surface area (Å²) in [6.07, 6.45) is 5.57. The fraction of sp³-hybridized carbons (Fsp3) is 0.250. The lowest BCUT2D eigenvalue weighted by Gasteiger charge is -2.16. The number of terminal acetylenes is 1. The van der Waals surface area contributed by atoms with E-state index in [0.717, 1.165) is 0 Å². The normalized spacial score (nSPS) is 13.5. The molecule has 2 aromatic rings. The molecule has 28 heavy (non-hydrogen) atoms. The van der Waals surface area contributed by atoms with Crippen molar-refractivity contribution in [1.29, 1.82) is 0 Å². The summed E-state index contributed by atoms with van der Waals surface area (Å²) in [5.41, 5.74) is 0.000502. The fourth-order valence-corrected chi connectivity index (χ4v) is 2.83. The van der Waals surface area contributed by atoms with Gasteiger partial charge in [0, 0.05) is 11.1 Å². The first kappa shape index (κ1) is 19.0. The molecular formula is C20H19N3O5. The van der Waals surface area contributed by atoms with Gasteiger partial charge in [-0.25, -0.2) is 0 Å². The summed E-state index contributed by atoms with van der Waals surface area (Å²) in [6, 6.07) is 7.90. The van der Waals surface area contributed by atoms with E-state index in [-0.39, 0.29) is 35.1 Å². The Balaban J connectivity index is 1.90. The topological polar surface area (TPSA) is 113 Å². The number of phenolic OH excluding ortho intramolecular Hbond substituents is 2. The van der Waals surface area contributed by atoms with E-state index < -0.39 is 11.6 Å². The Kier molecular flexibility index (Phi) is 5.09. The van der Waals surface area contributed by atoms with Crippen LogP contribution >= 0.6 is 0 Å². The molecule has 0 unspecified atom stereocenters. The Morgan fingerprint density at radius 2 is 1.86 bits per heavy atom. The van der Waals surface area contributed by atoms with Gasteiger partial charge in [-0.1, -0.05) is 12.1 Å². The number of hydrogen-bond donors (Lipinski definition) is 3. The molecule has 3 rings (SSSR count). The molecule has 8 heteroatoms. The summed E-state index contributed by atoms with van der Waals surface area (Å²) in [6.45, 7) is 0.151. The van der Waals surface area contributed by atoms with E-state index in [9.17, 15) is 15.0 Å². The van der Waals surface area contributed by atoms with Crippen LogP contribution in [0.2, 0.25) is 0 Å². The highest BCUT2D eigenvalue weighted by atomic mass is 16.5. The van der Waals surface area contributed by atoms with E-state index in [1.165, 1.54) is 26.4 Å². The maximum Gasteiger partial charge on any atom is 0.255 e. The number of carbonyl (C=O) groups excluding carboxylic acids is 1. The monoisotopic (exact) mass is 381 g/mol. The van der Waals surface area contributed by atoms with Crippen LogP contribution in [-0.2, 0) is 0 Å². The Morgan fingerprint density at radius 1 is 1.14 bits per heavy atom. The zero-order chi connectivity index (χ0) is 20.3. The van der Waals surface area contributed by atoms with Crippen LogP contribution in [0, 0.1) is 12.3 Å². The molecule has 0 spiro atoms. The van der Waals surface area contributed by atoms with Crippen molar-refractivity contribution in [3.05, 3.63) is 35.9 Å². The molecule has 0 fully saturated rings. The van der Waals surface area contributed by atoms with Gasteiger partial charge in [-0.15, -0.1) is 12.3 Å². The Morgan fingerprint density at radius 3 is 2.46 bits per heavy atom. The molecular weight excluding hydrogens is 362 g/mol. The third kappa shape index (κ3) is 3.42. The molecule has 0 atom stereocenters. The first-order chi connectivity index (χ1) is 13.5. The number of carbonyl (C=O) groups is 1. The number of benzene rings is 2. The first-order valence-corrected chi connectivity index (χ1v) is 8.38. The molecule has 0 aliphatic carbocycles. The van der Waals surface area contributed by atoms with Gasteiger partial charge in [-0.2, -0.15) is 10.2 Å².